The van der Waals surface area contributed by atoms with Crippen LogP contribution in [0.15, 0.2) is 36.4 Å². The molecule has 2 aromatic rings. The maximum absolute atomic E-state index is 12.4. The van der Waals surface area contributed by atoms with Crippen LogP contribution in [-0.2, 0) is 9.59 Å². The average molecular weight is 368 g/mol. The van der Waals surface area contributed by atoms with Crippen LogP contribution in [0.2, 0.25) is 0 Å². The number of anilines is 2. The fourth-order valence-electron chi connectivity index (χ4n) is 3.11. The van der Waals surface area contributed by atoms with Gasteiger partial charge in [0.1, 0.15) is 13.2 Å². The fraction of sp³-hybridized carbons (Fsp3) is 0.333. The van der Waals surface area contributed by atoms with Crippen molar-refractivity contribution < 1.29 is 19.1 Å². The predicted molar refractivity (Wildman–Crippen MR) is 105 cm³/mol. The third-order valence-corrected chi connectivity index (χ3v) is 4.41. The number of nitrogens with one attached hydrogen (secondary N) is 1. The first-order valence-corrected chi connectivity index (χ1v) is 8.99. The summed E-state index contributed by atoms with van der Waals surface area (Å²) in [7, 11) is 0. The minimum Gasteiger partial charge on any atom is -0.486 e. The van der Waals surface area contributed by atoms with Gasteiger partial charge in [0.2, 0.25) is 11.8 Å². The number of hydrogen-bond acceptors (Lipinski definition) is 4. The number of carbonyl (C=O) groups is 2. The SMILES string of the molecule is CC(=O)N(CCC(=O)Nc1ccc2c(c1)OCCO2)c1ccc(C)cc1C. The van der Waals surface area contributed by atoms with E-state index in [-0.39, 0.29) is 18.2 Å². The minimum absolute atomic E-state index is 0.0888. The van der Waals surface area contributed by atoms with Crippen molar-refractivity contribution in [3.8, 4) is 11.5 Å². The molecule has 0 bridgehead atoms. The van der Waals surface area contributed by atoms with E-state index in [4.69, 9.17) is 9.47 Å². The first-order chi connectivity index (χ1) is 12.9. The van der Waals surface area contributed by atoms with Crippen LogP contribution < -0.4 is 19.7 Å². The first-order valence-electron chi connectivity index (χ1n) is 8.99. The van der Waals surface area contributed by atoms with Crippen LogP contribution in [0.3, 0.4) is 0 Å². The molecule has 1 heterocycles. The molecule has 0 unspecified atom stereocenters. The number of rotatable bonds is 5. The Morgan fingerprint density at radius 1 is 1.04 bits per heavy atom. The predicted octanol–water partition coefficient (Wildman–Crippen LogP) is 3.46. The van der Waals surface area contributed by atoms with Crippen molar-refractivity contribution in [1.29, 1.82) is 0 Å². The number of ether oxygens (including phenoxy) is 2. The zero-order valence-corrected chi connectivity index (χ0v) is 15.9. The van der Waals surface area contributed by atoms with Gasteiger partial charge >= 0.3 is 0 Å². The number of fused-ring (bicyclic) bond motifs is 1. The second-order valence-electron chi connectivity index (χ2n) is 6.62. The zero-order valence-electron chi connectivity index (χ0n) is 15.9. The third-order valence-electron chi connectivity index (χ3n) is 4.41. The van der Waals surface area contributed by atoms with Gasteiger partial charge in [0.15, 0.2) is 11.5 Å². The Bertz CT molecular complexity index is 863. The molecule has 0 saturated heterocycles. The molecule has 0 aromatic heterocycles. The summed E-state index contributed by atoms with van der Waals surface area (Å²) < 4.78 is 11.0. The molecule has 0 fully saturated rings. The number of carbonyl (C=O) groups excluding carboxylic acids is 2. The van der Waals surface area contributed by atoms with Crippen LogP contribution in [0.25, 0.3) is 0 Å². The van der Waals surface area contributed by atoms with Gasteiger partial charge in [-0.3, -0.25) is 9.59 Å². The van der Waals surface area contributed by atoms with E-state index in [0.29, 0.717) is 36.9 Å². The van der Waals surface area contributed by atoms with E-state index in [1.165, 1.54) is 6.92 Å². The topological polar surface area (TPSA) is 67.9 Å². The summed E-state index contributed by atoms with van der Waals surface area (Å²) >= 11 is 0. The van der Waals surface area contributed by atoms with Crippen LogP contribution in [0.1, 0.15) is 24.5 Å². The molecule has 27 heavy (non-hydrogen) atoms. The summed E-state index contributed by atoms with van der Waals surface area (Å²) in [5, 5.41) is 2.85. The molecule has 0 aliphatic carbocycles. The van der Waals surface area contributed by atoms with Crippen molar-refractivity contribution >= 4 is 23.2 Å². The molecule has 0 atom stereocenters. The molecule has 142 valence electrons. The van der Waals surface area contributed by atoms with E-state index in [0.717, 1.165) is 16.8 Å². The highest BCUT2D eigenvalue weighted by Crippen LogP contribution is 2.32. The Labute approximate surface area is 159 Å². The van der Waals surface area contributed by atoms with E-state index in [1.54, 1.807) is 23.1 Å². The van der Waals surface area contributed by atoms with Gasteiger partial charge < -0.3 is 19.7 Å². The van der Waals surface area contributed by atoms with E-state index in [1.807, 2.05) is 32.0 Å². The summed E-state index contributed by atoms with van der Waals surface area (Å²) in [5.41, 5.74) is 3.62. The number of amides is 2. The Morgan fingerprint density at radius 2 is 1.78 bits per heavy atom. The van der Waals surface area contributed by atoms with E-state index in [9.17, 15) is 9.59 Å². The molecule has 1 aliphatic heterocycles. The normalized spacial score (nSPS) is 12.4. The van der Waals surface area contributed by atoms with Gasteiger partial charge in [0, 0.05) is 37.3 Å². The van der Waals surface area contributed by atoms with Crippen molar-refractivity contribution in [3.05, 3.63) is 47.5 Å². The van der Waals surface area contributed by atoms with Gasteiger partial charge in [-0.25, -0.2) is 0 Å². The largest absolute Gasteiger partial charge is 0.486 e. The summed E-state index contributed by atoms with van der Waals surface area (Å²) in [5.74, 6) is 1.05. The maximum Gasteiger partial charge on any atom is 0.226 e. The van der Waals surface area contributed by atoms with Gasteiger partial charge in [-0.15, -0.1) is 0 Å². The molecule has 0 saturated carbocycles. The molecule has 1 aliphatic rings. The van der Waals surface area contributed by atoms with Crippen LogP contribution in [0, 0.1) is 13.8 Å². The molecule has 3 rings (SSSR count). The van der Waals surface area contributed by atoms with E-state index in [2.05, 4.69) is 5.32 Å². The van der Waals surface area contributed by atoms with Crippen molar-refractivity contribution in [2.45, 2.75) is 27.2 Å². The molecule has 6 nitrogen and oxygen atoms in total. The summed E-state index contributed by atoms with van der Waals surface area (Å²) in [6.45, 7) is 6.82. The third kappa shape index (κ3) is 4.58. The lowest BCUT2D eigenvalue weighted by atomic mass is 10.1. The molecule has 1 N–H and O–H groups in total. The van der Waals surface area contributed by atoms with Gasteiger partial charge in [-0.1, -0.05) is 17.7 Å². The van der Waals surface area contributed by atoms with Gasteiger partial charge in [-0.2, -0.15) is 0 Å². The molecule has 6 heteroatoms. The van der Waals surface area contributed by atoms with Crippen molar-refractivity contribution in [3.63, 3.8) is 0 Å². The highest BCUT2D eigenvalue weighted by Gasteiger charge is 2.17. The van der Waals surface area contributed by atoms with Crippen molar-refractivity contribution in [2.75, 3.05) is 30.0 Å². The second kappa shape index (κ2) is 8.12. The lowest BCUT2D eigenvalue weighted by Crippen LogP contribution is -2.32. The molecule has 2 amide bonds. The summed E-state index contributed by atoms with van der Waals surface area (Å²) in [6, 6.07) is 11.2. The van der Waals surface area contributed by atoms with Crippen LogP contribution in [-0.4, -0.2) is 31.6 Å². The second-order valence-corrected chi connectivity index (χ2v) is 6.62. The fourth-order valence-corrected chi connectivity index (χ4v) is 3.11. The van der Waals surface area contributed by atoms with Crippen molar-refractivity contribution in [1.82, 2.24) is 0 Å². The Morgan fingerprint density at radius 3 is 2.48 bits per heavy atom. The van der Waals surface area contributed by atoms with E-state index < -0.39 is 0 Å². The number of aryl methyl sites for hydroxylation is 2. The lowest BCUT2D eigenvalue weighted by Gasteiger charge is -2.23. The van der Waals surface area contributed by atoms with Crippen LogP contribution in [0.5, 0.6) is 11.5 Å². The molecular formula is C21H24N2O4. The number of nitrogens with zero attached hydrogens (tertiary/aromatic N) is 1. The minimum atomic E-state index is -0.164. The zero-order chi connectivity index (χ0) is 19.4. The highest BCUT2D eigenvalue weighted by molar-refractivity contribution is 5.95. The Balaban J connectivity index is 1.63. The average Bonchev–Trinajstić information content (AvgIpc) is 2.63. The molecule has 0 spiro atoms. The smallest absolute Gasteiger partial charge is 0.226 e. The quantitative estimate of drug-likeness (QED) is 0.878. The highest BCUT2D eigenvalue weighted by atomic mass is 16.6. The summed E-state index contributed by atoms with van der Waals surface area (Å²) in [6.07, 6.45) is 0.196. The van der Waals surface area contributed by atoms with Gasteiger partial charge in [-0.05, 0) is 37.6 Å². The Hall–Kier alpha value is -3.02. The van der Waals surface area contributed by atoms with E-state index >= 15 is 0 Å². The monoisotopic (exact) mass is 368 g/mol. The van der Waals surface area contributed by atoms with Crippen LogP contribution in [0.4, 0.5) is 11.4 Å². The number of hydrogen-bond donors (Lipinski definition) is 1. The molecular weight excluding hydrogens is 344 g/mol. The maximum atomic E-state index is 12.4. The van der Waals surface area contributed by atoms with Gasteiger partial charge in [0.05, 0.1) is 0 Å². The molecule has 2 aromatic carbocycles. The molecule has 0 radical (unpaired) electrons. The summed E-state index contributed by atoms with van der Waals surface area (Å²) in [4.78, 5) is 26.1. The standard InChI is InChI=1S/C21H24N2O4/c1-14-4-6-18(15(2)12-14)23(16(3)24)9-8-21(25)22-17-5-7-19-20(13-17)27-11-10-26-19/h4-7,12-13H,8-11H2,1-3H3,(H,22,25). The van der Waals surface area contributed by atoms with Crippen LogP contribution >= 0.6 is 0 Å². The Kier molecular flexibility index (Phi) is 5.64. The van der Waals surface area contributed by atoms with Crippen molar-refractivity contribution in [2.24, 2.45) is 0 Å². The number of benzene rings is 2. The first kappa shape index (κ1) is 18.8. The van der Waals surface area contributed by atoms with Gasteiger partial charge in [0.25, 0.3) is 0 Å². The lowest BCUT2D eigenvalue weighted by molar-refractivity contribution is -0.117.